The Hall–Kier alpha value is -1.67. The van der Waals surface area contributed by atoms with Gasteiger partial charge in [0.25, 0.3) is 0 Å². The monoisotopic (exact) mass is 289 g/mol. The molecular weight excluding hydrogens is 273 g/mol. The number of primary sulfonamides is 1. The van der Waals surface area contributed by atoms with Gasteiger partial charge in [-0.3, -0.25) is 4.79 Å². The molecule has 4 N–H and O–H groups in total. The van der Waals surface area contributed by atoms with E-state index in [1.54, 1.807) is 0 Å². The van der Waals surface area contributed by atoms with E-state index in [2.05, 4.69) is 10.6 Å². The molecule has 0 aliphatic carbocycles. The Balaban J connectivity index is 2.68. The Kier molecular flexibility index (Phi) is 5.25. The fourth-order valence-electron chi connectivity index (χ4n) is 1.32. The van der Waals surface area contributed by atoms with Crippen LogP contribution in [0.2, 0.25) is 0 Å². The highest BCUT2D eigenvalue weighted by Crippen LogP contribution is 2.17. The summed E-state index contributed by atoms with van der Waals surface area (Å²) in [5.74, 6) is -1.05. The van der Waals surface area contributed by atoms with Gasteiger partial charge in [-0.25, -0.2) is 17.9 Å². The van der Waals surface area contributed by atoms with Crippen LogP contribution in [0.5, 0.6) is 0 Å². The Morgan fingerprint density at radius 2 is 2.11 bits per heavy atom. The van der Waals surface area contributed by atoms with E-state index >= 15 is 0 Å². The number of carbonyl (C=O) groups is 1. The second kappa shape index (κ2) is 6.48. The van der Waals surface area contributed by atoms with E-state index in [4.69, 9.17) is 5.14 Å². The third-order valence-electron chi connectivity index (χ3n) is 2.28. The van der Waals surface area contributed by atoms with Gasteiger partial charge in [-0.05, 0) is 24.6 Å². The van der Waals surface area contributed by atoms with Crippen LogP contribution in [0.4, 0.5) is 10.1 Å². The van der Waals surface area contributed by atoms with Crippen molar-refractivity contribution >= 4 is 21.6 Å². The maximum Gasteiger partial charge on any atom is 0.239 e. The molecule has 1 aromatic carbocycles. The van der Waals surface area contributed by atoms with Gasteiger partial charge in [-0.2, -0.15) is 0 Å². The Morgan fingerprint density at radius 1 is 1.42 bits per heavy atom. The standard InChI is InChI=1S/C11H16FN3O3S/c1-2-5-14-11(16)7-15-10-4-3-8(6-9(10)12)19(13,17)18/h3-4,6,15H,2,5,7H2,1H3,(H,14,16)(H2,13,17,18). The largest absolute Gasteiger partial charge is 0.374 e. The molecule has 1 amide bonds. The van der Waals surface area contributed by atoms with Gasteiger partial charge in [0.15, 0.2) is 0 Å². The summed E-state index contributed by atoms with van der Waals surface area (Å²) in [6.45, 7) is 2.37. The number of rotatable bonds is 6. The molecule has 8 heteroatoms. The van der Waals surface area contributed by atoms with Crippen molar-refractivity contribution in [3.05, 3.63) is 24.0 Å². The van der Waals surface area contributed by atoms with E-state index in [9.17, 15) is 17.6 Å². The lowest BCUT2D eigenvalue weighted by Crippen LogP contribution is -2.30. The van der Waals surface area contributed by atoms with E-state index in [0.717, 1.165) is 12.5 Å². The van der Waals surface area contributed by atoms with Crippen LogP contribution in [0, 0.1) is 5.82 Å². The minimum Gasteiger partial charge on any atom is -0.374 e. The first-order chi connectivity index (χ1) is 8.84. The number of halogens is 1. The van der Waals surface area contributed by atoms with Crippen molar-refractivity contribution in [2.24, 2.45) is 5.14 Å². The third-order valence-corrected chi connectivity index (χ3v) is 3.19. The number of nitrogens with two attached hydrogens (primary N) is 1. The van der Waals surface area contributed by atoms with Crippen molar-refractivity contribution in [1.82, 2.24) is 5.32 Å². The molecule has 0 aromatic heterocycles. The zero-order valence-electron chi connectivity index (χ0n) is 10.4. The first kappa shape index (κ1) is 15.4. The van der Waals surface area contributed by atoms with Gasteiger partial charge in [0, 0.05) is 6.54 Å². The topological polar surface area (TPSA) is 101 Å². The van der Waals surface area contributed by atoms with Crippen molar-refractivity contribution < 1.29 is 17.6 Å². The molecule has 0 radical (unpaired) electrons. The molecule has 0 unspecified atom stereocenters. The number of benzene rings is 1. The maximum atomic E-state index is 13.6. The molecule has 0 heterocycles. The molecule has 0 atom stereocenters. The molecule has 0 fully saturated rings. The van der Waals surface area contributed by atoms with Gasteiger partial charge in [0.2, 0.25) is 15.9 Å². The average molecular weight is 289 g/mol. The number of amides is 1. The van der Waals surface area contributed by atoms with E-state index < -0.39 is 15.8 Å². The SMILES string of the molecule is CCCNC(=O)CNc1ccc(S(N)(=O)=O)cc1F. The van der Waals surface area contributed by atoms with Gasteiger partial charge in [-0.15, -0.1) is 0 Å². The molecule has 19 heavy (non-hydrogen) atoms. The quantitative estimate of drug-likeness (QED) is 0.706. The summed E-state index contributed by atoms with van der Waals surface area (Å²) in [5, 5.41) is 10.1. The van der Waals surface area contributed by atoms with E-state index in [1.807, 2.05) is 6.92 Å². The van der Waals surface area contributed by atoms with Gasteiger partial charge in [-0.1, -0.05) is 6.92 Å². The number of anilines is 1. The number of hydrogen-bond acceptors (Lipinski definition) is 4. The predicted molar refractivity (Wildman–Crippen MR) is 69.6 cm³/mol. The average Bonchev–Trinajstić information content (AvgIpc) is 2.33. The molecule has 0 bridgehead atoms. The normalized spacial score (nSPS) is 11.1. The Morgan fingerprint density at radius 3 is 2.63 bits per heavy atom. The molecule has 0 aliphatic rings. The Bertz CT molecular complexity index is 560. The lowest BCUT2D eigenvalue weighted by atomic mass is 10.3. The van der Waals surface area contributed by atoms with Crippen LogP contribution in [-0.2, 0) is 14.8 Å². The molecule has 106 valence electrons. The number of nitrogens with one attached hydrogen (secondary N) is 2. The molecule has 0 saturated carbocycles. The summed E-state index contributed by atoms with van der Waals surface area (Å²) in [7, 11) is -3.93. The van der Waals surface area contributed by atoms with Gasteiger partial charge in [0.1, 0.15) is 5.82 Å². The third kappa shape index (κ3) is 4.84. The second-order valence-corrected chi connectivity index (χ2v) is 5.45. The molecule has 0 aliphatic heterocycles. The minimum absolute atomic E-state index is 0.0408. The molecule has 0 spiro atoms. The molecular formula is C11H16FN3O3S. The van der Waals surface area contributed by atoms with Crippen molar-refractivity contribution in [2.75, 3.05) is 18.4 Å². The number of hydrogen-bond donors (Lipinski definition) is 3. The zero-order valence-corrected chi connectivity index (χ0v) is 11.3. The molecule has 6 nitrogen and oxygen atoms in total. The van der Waals surface area contributed by atoms with Gasteiger partial charge < -0.3 is 10.6 Å². The summed E-state index contributed by atoms with van der Waals surface area (Å²) in [4.78, 5) is 11.0. The fourth-order valence-corrected chi connectivity index (χ4v) is 1.84. The summed E-state index contributed by atoms with van der Waals surface area (Å²) in [6.07, 6.45) is 0.809. The van der Waals surface area contributed by atoms with Crippen LogP contribution in [0.25, 0.3) is 0 Å². The lowest BCUT2D eigenvalue weighted by molar-refractivity contribution is -0.119. The van der Waals surface area contributed by atoms with Crippen molar-refractivity contribution in [3.8, 4) is 0 Å². The lowest BCUT2D eigenvalue weighted by Gasteiger charge is -2.08. The summed E-state index contributed by atoms with van der Waals surface area (Å²) in [5.41, 5.74) is 0.0408. The van der Waals surface area contributed by atoms with Crippen LogP contribution >= 0.6 is 0 Å². The zero-order chi connectivity index (χ0) is 14.5. The first-order valence-corrected chi connectivity index (χ1v) is 7.22. The summed E-state index contributed by atoms with van der Waals surface area (Å²) in [6, 6.07) is 3.20. The maximum absolute atomic E-state index is 13.6. The van der Waals surface area contributed by atoms with Crippen LogP contribution < -0.4 is 15.8 Å². The highest BCUT2D eigenvalue weighted by Gasteiger charge is 2.11. The van der Waals surface area contributed by atoms with Crippen LogP contribution in [0.15, 0.2) is 23.1 Å². The highest BCUT2D eigenvalue weighted by atomic mass is 32.2. The highest BCUT2D eigenvalue weighted by molar-refractivity contribution is 7.89. The molecule has 0 saturated heterocycles. The van der Waals surface area contributed by atoms with Crippen LogP contribution in [0.1, 0.15) is 13.3 Å². The summed E-state index contributed by atoms with van der Waals surface area (Å²) >= 11 is 0. The van der Waals surface area contributed by atoms with E-state index in [0.29, 0.717) is 6.54 Å². The Labute approximate surface area is 111 Å². The molecule has 1 aromatic rings. The minimum atomic E-state index is -3.93. The van der Waals surface area contributed by atoms with Crippen molar-refractivity contribution in [2.45, 2.75) is 18.2 Å². The first-order valence-electron chi connectivity index (χ1n) is 5.67. The van der Waals surface area contributed by atoms with Gasteiger partial charge in [0.05, 0.1) is 17.1 Å². The van der Waals surface area contributed by atoms with Gasteiger partial charge >= 0.3 is 0 Å². The smallest absolute Gasteiger partial charge is 0.239 e. The van der Waals surface area contributed by atoms with Crippen molar-refractivity contribution in [1.29, 1.82) is 0 Å². The number of sulfonamides is 1. The fraction of sp³-hybridized carbons (Fsp3) is 0.364. The van der Waals surface area contributed by atoms with Crippen LogP contribution in [0.3, 0.4) is 0 Å². The predicted octanol–water partition coefficient (Wildman–Crippen LogP) is 0.411. The summed E-state index contributed by atoms with van der Waals surface area (Å²) < 4.78 is 35.6. The second-order valence-electron chi connectivity index (χ2n) is 3.89. The molecule has 1 rings (SSSR count). The van der Waals surface area contributed by atoms with Crippen LogP contribution in [-0.4, -0.2) is 27.4 Å². The van der Waals surface area contributed by atoms with E-state index in [-0.39, 0.29) is 23.0 Å². The van der Waals surface area contributed by atoms with Crippen molar-refractivity contribution in [3.63, 3.8) is 0 Å². The van der Waals surface area contributed by atoms with E-state index in [1.165, 1.54) is 12.1 Å². The number of carbonyl (C=O) groups excluding carboxylic acids is 1.